The van der Waals surface area contributed by atoms with Crippen molar-refractivity contribution in [2.45, 2.75) is 20.0 Å². The minimum atomic E-state index is -0.730. The molecule has 0 atom stereocenters. The van der Waals surface area contributed by atoms with Crippen molar-refractivity contribution in [3.8, 4) is 0 Å². The van der Waals surface area contributed by atoms with Gasteiger partial charge >= 0.3 is 11.9 Å². The van der Waals surface area contributed by atoms with Gasteiger partial charge in [0, 0.05) is 0 Å². The van der Waals surface area contributed by atoms with Crippen LogP contribution in [0.25, 0.3) is 10.2 Å². The summed E-state index contributed by atoms with van der Waals surface area (Å²) in [4.78, 5) is 38.1. The predicted molar refractivity (Wildman–Crippen MR) is 93.5 cm³/mol. The lowest BCUT2D eigenvalue weighted by atomic mass is 10.2. The average molecular weight is 375 g/mol. The van der Waals surface area contributed by atoms with E-state index in [0.717, 1.165) is 17.4 Å². The van der Waals surface area contributed by atoms with E-state index in [-0.39, 0.29) is 17.0 Å². The summed E-state index contributed by atoms with van der Waals surface area (Å²) in [6, 6.07) is 7.18. The molecule has 134 valence electrons. The molecule has 10 heteroatoms. The number of amides is 1. The van der Waals surface area contributed by atoms with Gasteiger partial charge in [-0.25, -0.2) is 9.78 Å². The number of carbonyl (C=O) groups excluding carboxylic acids is 2. The van der Waals surface area contributed by atoms with E-state index in [0.29, 0.717) is 15.8 Å². The number of nitrogens with zero attached hydrogens (tertiary/aromatic N) is 2. The van der Waals surface area contributed by atoms with Crippen LogP contribution < -0.4 is 5.32 Å². The first-order chi connectivity index (χ1) is 12.3. The molecule has 0 spiro atoms. The highest BCUT2D eigenvalue weighted by Gasteiger charge is 2.19. The molecule has 1 amide bonds. The smallest absolute Gasteiger partial charge is 0.433 e. The summed E-state index contributed by atoms with van der Waals surface area (Å²) in [5, 5.41) is 13.4. The molecule has 2 aromatic heterocycles. The van der Waals surface area contributed by atoms with Crippen LogP contribution in [0.2, 0.25) is 0 Å². The van der Waals surface area contributed by atoms with Gasteiger partial charge in [-0.2, -0.15) is 0 Å². The van der Waals surface area contributed by atoms with Gasteiger partial charge < -0.3 is 9.15 Å². The molecule has 0 aliphatic heterocycles. The van der Waals surface area contributed by atoms with Crippen molar-refractivity contribution >= 4 is 44.4 Å². The Kier molecular flexibility index (Phi) is 4.67. The SMILES string of the molecule is CC(C)OC(=O)c1ccc2nc(NC(=O)c3ccc([N+](=O)[O-])o3)sc2c1. The second-order valence-electron chi connectivity index (χ2n) is 5.50. The number of hydrogen-bond acceptors (Lipinski definition) is 8. The lowest BCUT2D eigenvalue weighted by molar-refractivity contribution is -0.402. The monoisotopic (exact) mass is 375 g/mol. The number of ether oxygens (including phenoxy) is 1. The lowest BCUT2D eigenvalue weighted by Gasteiger charge is -2.07. The van der Waals surface area contributed by atoms with Crippen LogP contribution in [0.3, 0.4) is 0 Å². The third kappa shape index (κ3) is 3.70. The Morgan fingerprint density at radius 1 is 1.31 bits per heavy atom. The van der Waals surface area contributed by atoms with Gasteiger partial charge in [0.2, 0.25) is 0 Å². The molecule has 2 heterocycles. The highest BCUT2D eigenvalue weighted by atomic mass is 32.1. The van der Waals surface area contributed by atoms with Crippen LogP contribution in [-0.4, -0.2) is 27.9 Å². The van der Waals surface area contributed by atoms with Gasteiger partial charge in [0.25, 0.3) is 5.91 Å². The Labute approximate surface area is 150 Å². The molecule has 1 aromatic carbocycles. The fourth-order valence-corrected chi connectivity index (χ4v) is 2.99. The second kappa shape index (κ2) is 6.92. The minimum absolute atomic E-state index is 0.197. The van der Waals surface area contributed by atoms with Crippen molar-refractivity contribution in [2.75, 3.05) is 5.32 Å². The van der Waals surface area contributed by atoms with Crippen LogP contribution in [0.15, 0.2) is 34.7 Å². The summed E-state index contributed by atoms with van der Waals surface area (Å²) in [7, 11) is 0. The van der Waals surface area contributed by atoms with Crippen molar-refractivity contribution in [1.82, 2.24) is 4.98 Å². The van der Waals surface area contributed by atoms with E-state index in [9.17, 15) is 19.7 Å². The van der Waals surface area contributed by atoms with Crippen molar-refractivity contribution in [3.63, 3.8) is 0 Å². The van der Waals surface area contributed by atoms with Crippen molar-refractivity contribution in [2.24, 2.45) is 0 Å². The molecular weight excluding hydrogens is 362 g/mol. The molecule has 0 saturated carbocycles. The number of rotatable bonds is 5. The molecule has 1 N–H and O–H groups in total. The van der Waals surface area contributed by atoms with Crippen LogP contribution in [0, 0.1) is 10.1 Å². The van der Waals surface area contributed by atoms with Crippen LogP contribution in [0.1, 0.15) is 34.8 Å². The molecule has 0 aliphatic carbocycles. The number of nitrogens with one attached hydrogen (secondary N) is 1. The Hall–Kier alpha value is -3.27. The maximum Gasteiger partial charge on any atom is 0.433 e. The van der Waals surface area contributed by atoms with E-state index in [1.165, 1.54) is 6.07 Å². The molecular formula is C16H13N3O6S. The van der Waals surface area contributed by atoms with Gasteiger partial charge in [-0.15, -0.1) is 0 Å². The van der Waals surface area contributed by atoms with Crippen LogP contribution in [0.4, 0.5) is 11.0 Å². The predicted octanol–water partition coefficient (Wildman–Crippen LogP) is 3.62. The number of thiazole rings is 1. The molecule has 0 saturated heterocycles. The largest absolute Gasteiger partial charge is 0.459 e. The Morgan fingerprint density at radius 2 is 2.08 bits per heavy atom. The molecule has 3 rings (SSSR count). The van der Waals surface area contributed by atoms with Crippen molar-refractivity contribution in [3.05, 3.63) is 51.8 Å². The first-order valence-electron chi connectivity index (χ1n) is 7.50. The number of esters is 1. The van der Waals surface area contributed by atoms with E-state index in [4.69, 9.17) is 9.15 Å². The third-order valence-electron chi connectivity index (χ3n) is 3.18. The van der Waals surface area contributed by atoms with Gasteiger partial charge in [0.05, 0.1) is 28.0 Å². The Bertz CT molecular complexity index is 1010. The fraction of sp³-hybridized carbons (Fsp3) is 0.188. The molecule has 3 aromatic rings. The molecule has 26 heavy (non-hydrogen) atoms. The molecule has 0 bridgehead atoms. The van der Waals surface area contributed by atoms with Crippen molar-refractivity contribution < 1.29 is 23.7 Å². The highest BCUT2D eigenvalue weighted by molar-refractivity contribution is 7.22. The van der Waals surface area contributed by atoms with E-state index in [1.807, 2.05) is 0 Å². The summed E-state index contributed by atoms with van der Waals surface area (Å²) >= 11 is 1.16. The zero-order valence-corrected chi connectivity index (χ0v) is 14.5. The second-order valence-corrected chi connectivity index (χ2v) is 6.54. The lowest BCUT2D eigenvalue weighted by Crippen LogP contribution is -2.11. The summed E-state index contributed by atoms with van der Waals surface area (Å²) in [6.45, 7) is 3.52. The topological polar surface area (TPSA) is 125 Å². The number of carbonyl (C=O) groups is 2. The number of furan rings is 1. The van der Waals surface area contributed by atoms with Gasteiger partial charge in [0.15, 0.2) is 10.9 Å². The normalized spacial score (nSPS) is 10.9. The van der Waals surface area contributed by atoms with E-state index < -0.39 is 22.7 Å². The van der Waals surface area contributed by atoms with Crippen molar-refractivity contribution in [1.29, 1.82) is 0 Å². The molecule has 0 unspecified atom stereocenters. The maximum absolute atomic E-state index is 12.1. The zero-order chi connectivity index (χ0) is 18.8. The maximum atomic E-state index is 12.1. The van der Waals surface area contributed by atoms with Crippen LogP contribution in [-0.2, 0) is 4.74 Å². The summed E-state index contributed by atoms with van der Waals surface area (Å²) in [6.07, 6.45) is -0.230. The van der Waals surface area contributed by atoms with E-state index in [1.54, 1.807) is 32.0 Å². The number of nitro groups is 1. The zero-order valence-electron chi connectivity index (χ0n) is 13.7. The van der Waals surface area contributed by atoms with Gasteiger partial charge in [-0.05, 0) is 38.1 Å². The number of aromatic nitrogens is 1. The number of hydrogen-bond donors (Lipinski definition) is 1. The standard InChI is InChI=1S/C16H13N3O6S/c1-8(2)24-15(21)9-3-4-10-12(7-9)26-16(17-10)18-14(20)11-5-6-13(25-11)19(22)23/h3-8H,1-2H3,(H,17,18,20). The Balaban J connectivity index is 1.79. The molecule has 0 radical (unpaired) electrons. The fourth-order valence-electron chi connectivity index (χ4n) is 2.09. The van der Waals surface area contributed by atoms with Crippen LogP contribution >= 0.6 is 11.3 Å². The van der Waals surface area contributed by atoms with Gasteiger partial charge in [0.1, 0.15) is 4.92 Å². The third-order valence-corrected chi connectivity index (χ3v) is 4.12. The summed E-state index contributed by atoms with van der Waals surface area (Å²) in [5.41, 5.74) is 0.978. The first-order valence-corrected chi connectivity index (χ1v) is 8.32. The van der Waals surface area contributed by atoms with Gasteiger partial charge in [-0.1, -0.05) is 11.3 Å². The first kappa shape index (κ1) is 17.5. The highest BCUT2D eigenvalue weighted by Crippen LogP contribution is 2.28. The number of anilines is 1. The minimum Gasteiger partial charge on any atom is -0.459 e. The van der Waals surface area contributed by atoms with Crippen LogP contribution in [0.5, 0.6) is 0 Å². The number of fused-ring (bicyclic) bond motifs is 1. The number of benzene rings is 1. The molecule has 9 nitrogen and oxygen atoms in total. The Morgan fingerprint density at radius 3 is 2.73 bits per heavy atom. The molecule has 0 fully saturated rings. The molecule has 0 aliphatic rings. The van der Waals surface area contributed by atoms with E-state index in [2.05, 4.69) is 10.3 Å². The van der Waals surface area contributed by atoms with E-state index >= 15 is 0 Å². The average Bonchev–Trinajstić information content (AvgIpc) is 3.20. The summed E-state index contributed by atoms with van der Waals surface area (Å²) < 4.78 is 10.7. The van der Waals surface area contributed by atoms with Gasteiger partial charge in [-0.3, -0.25) is 20.2 Å². The summed E-state index contributed by atoms with van der Waals surface area (Å²) in [5.74, 6) is -1.81. The quantitative estimate of drug-likeness (QED) is 0.410.